The first kappa shape index (κ1) is 18.6. The first-order valence-electron chi connectivity index (χ1n) is 8.02. The molecule has 10 nitrogen and oxygen atoms in total. The van der Waals surface area contributed by atoms with Crippen LogP contribution in [0.4, 0.5) is 11.5 Å². The third-order valence-electron chi connectivity index (χ3n) is 3.69. The van der Waals surface area contributed by atoms with Crippen molar-refractivity contribution in [3.05, 3.63) is 52.5 Å². The number of nitro groups is 1. The molecule has 2 aromatic heterocycles. The summed E-state index contributed by atoms with van der Waals surface area (Å²) < 4.78 is 3.31. The van der Waals surface area contributed by atoms with Crippen molar-refractivity contribution in [1.29, 1.82) is 0 Å². The van der Waals surface area contributed by atoms with Crippen LogP contribution in [0.5, 0.6) is 0 Å². The number of nitrogens with zero attached hydrogens (tertiary/aromatic N) is 6. The quantitative estimate of drug-likeness (QED) is 0.510. The van der Waals surface area contributed by atoms with Crippen LogP contribution in [0.1, 0.15) is 30.2 Å². The van der Waals surface area contributed by atoms with Gasteiger partial charge in [0.1, 0.15) is 12.1 Å². The van der Waals surface area contributed by atoms with E-state index in [0.717, 1.165) is 11.8 Å². The number of hydrogen-bond acceptors (Lipinski definition) is 7. The lowest BCUT2D eigenvalue weighted by Crippen LogP contribution is -2.17. The van der Waals surface area contributed by atoms with Crippen molar-refractivity contribution in [1.82, 2.24) is 24.5 Å². The highest BCUT2D eigenvalue weighted by molar-refractivity contribution is 7.99. The van der Waals surface area contributed by atoms with E-state index in [0.29, 0.717) is 15.9 Å². The predicted molar refractivity (Wildman–Crippen MR) is 98.8 cm³/mol. The molecule has 1 N–H and O–H groups in total. The molecule has 0 spiro atoms. The molecule has 2 heterocycles. The van der Waals surface area contributed by atoms with Gasteiger partial charge in [0.05, 0.1) is 16.0 Å². The molecule has 27 heavy (non-hydrogen) atoms. The standard InChI is InChI=1S/C16H17N7O3S/c1-10(2)22-14(6-7-18-22)19-15(24)11-4-5-13(12(8-11)23(25)26)27-16-20-17-9-21(16)3/h4-10H,1-3H3,(H,19,24). The minimum absolute atomic E-state index is 0.0646. The Morgan fingerprint density at radius 1 is 1.33 bits per heavy atom. The van der Waals surface area contributed by atoms with E-state index in [9.17, 15) is 14.9 Å². The molecule has 1 aromatic carbocycles. The van der Waals surface area contributed by atoms with E-state index in [1.165, 1.54) is 24.5 Å². The third kappa shape index (κ3) is 3.97. The second-order valence-corrected chi connectivity index (χ2v) is 6.98. The topological polar surface area (TPSA) is 121 Å². The molecule has 0 fully saturated rings. The third-order valence-corrected chi connectivity index (χ3v) is 4.81. The van der Waals surface area contributed by atoms with Crippen molar-refractivity contribution in [2.75, 3.05) is 5.32 Å². The average Bonchev–Trinajstić information content (AvgIpc) is 3.24. The van der Waals surface area contributed by atoms with Gasteiger partial charge in [0.25, 0.3) is 11.6 Å². The van der Waals surface area contributed by atoms with Gasteiger partial charge in [-0.15, -0.1) is 10.2 Å². The van der Waals surface area contributed by atoms with Crippen molar-refractivity contribution >= 4 is 29.2 Å². The number of amides is 1. The fraction of sp³-hybridized carbons (Fsp3) is 0.250. The summed E-state index contributed by atoms with van der Waals surface area (Å²) in [5.74, 6) is 0.0749. The minimum atomic E-state index is -0.520. The molecule has 0 bridgehead atoms. The Bertz CT molecular complexity index is 996. The molecule has 3 rings (SSSR count). The van der Waals surface area contributed by atoms with Crippen LogP contribution >= 0.6 is 11.8 Å². The summed E-state index contributed by atoms with van der Waals surface area (Å²) in [6.07, 6.45) is 3.09. The second kappa shape index (κ2) is 7.58. The van der Waals surface area contributed by atoms with E-state index in [4.69, 9.17) is 0 Å². The summed E-state index contributed by atoms with van der Waals surface area (Å²) in [5, 5.41) is 26.5. The molecule has 0 aliphatic heterocycles. The second-order valence-electron chi connectivity index (χ2n) is 5.97. The maximum atomic E-state index is 12.5. The fourth-order valence-electron chi connectivity index (χ4n) is 2.36. The molecule has 0 saturated carbocycles. The maximum absolute atomic E-state index is 12.5. The monoisotopic (exact) mass is 387 g/mol. The first-order valence-corrected chi connectivity index (χ1v) is 8.83. The average molecular weight is 387 g/mol. The normalized spacial score (nSPS) is 11.0. The molecule has 3 aromatic rings. The lowest BCUT2D eigenvalue weighted by molar-refractivity contribution is -0.387. The van der Waals surface area contributed by atoms with E-state index in [-0.39, 0.29) is 17.3 Å². The number of benzene rings is 1. The molecule has 0 unspecified atom stereocenters. The highest BCUT2D eigenvalue weighted by Gasteiger charge is 2.20. The van der Waals surface area contributed by atoms with Crippen LogP contribution in [0, 0.1) is 10.1 Å². The van der Waals surface area contributed by atoms with Gasteiger partial charge < -0.3 is 9.88 Å². The molecule has 0 atom stereocenters. The molecule has 0 saturated heterocycles. The lowest BCUT2D eigenvalue weighted by atomic mass is 10.2. The SMILES string of the molecule is CC(C)n1nccc1NC(=O)c1ccc(Sc2nncn2C)c([N+](=O)[O-])c1. The first-order chi connectivity index (χ1) is 12.9. The van der Waals surface area contributed by atoms with Gasteiger partial charge in [-0.05, 0) is 37.7 Å². The van der Waals surface area contributed by atoms with E-state index < -0.39 is 10.8 Å². The summed E-state index contributed by atoms with van der Waals surface area (Å²) in [4.78, 5) is 23.9. The summed E-state index contributed by atoms with van der Waals surface area (Å²) in [6, 6.07) is 6.06. The zero-order valence-corrected chi connectivity index (χ0v) is 15.7. The van der Waals surface area contributed by atoms with E-state index >= 15 is 0 Å². The van der Waals surface area contributed by atoms with Gasteiger partial charge in [0.2, 0.25) is 0 Å². The van der Waals surface area contributed by atoms with Gasteiger partial charge in [-0.3, -0.25) is 14.9 Å². The van der Waals surface area contributed by atoms with Crippen molar-refractivity contribution in [3.8, 4) is 0 Å². The molecule has 0 radical (unpaired) electrons. The van der Waals surface area contributed by atoms with E-state index in [1.54, 1.807) is 28.6 Å². The summed E-state index contributed by atoms with van der Waals surface area (Å²) in [5.41, 5.74) is 0.00791. The zero-order chi connectivity index (χ0) is 19.6. The van der Waals surface area contributed by atoms with Crippen LogP contribution in [0.3, 0.4) is 0 Å². The Hall–Kier alpha value is -3.21. The molecular formula is C16H17N7O3S. The Morgan fingerprint density at radius 2 is 2.11 bits per heavy atom. The van der Waals surface area contributed by atoms with Crippen molar-refractivity contribution in [3.63, 3.8) is 0 Å². The maximum Gasteiger partial charge on any atom is 0.284 e. The number of aromatic nitrogens is 5. The van der Waals surface area contributed by atoms with Gasteiger partial charge in [0.15, 0.2) is 5.16 Å². The van der Waals surface area contributed by atoms with Crippen molar-refractivity contribution in [2.24, 2.45) is 7.05 Å². The van der Waals surface area contributed by atoms with E-state index in [2.05, 4.69) is 20.6 Å². The van der Waals surface area contributed by atoms with Gasteiger partial charge in [0, 0.05) is 30.8 Å². The number of nitrogens with one attached hydrogen (secondary N) is 1. The summed E-state index contributed by atoms with van der Waals surface area (Å²) in [7, 11) is 1.74. The highest BCUT2D eigenvalue weighted by Crippen LogP contribution is 2.34. The lowest BCUT2D eigenvalue weighted by Gasteiger charge is -2.12. The molecular weight excluding hydrogens is 370 g/mol. The predicted octanol–water partition coefficient (Wildman–Crippen LogP) is 2.90. The van der Waals surface area contributed by atoms with Gasteiger partial charge >= 0.3 is 0 Å². The van der Waals surface area contributed by atoms with Gasteiger partial charge in [-0.1, -0.05) is 0 Å². The number of hydrogen-bond donors (Lipinski definition) is 1. The smallest absolute Gasteiger partial charge is 0.284 e. The molecule has 0 aliphatic carbocycles. The largest absolute Gasteiger partial charge is 0.311 e. The van der Waals surface area contributed by atoms with Crippen LogP contribution in [0.25, 0.3) is 0 Å². The Kier molecular flexibility index (Phi) is 5.21. The summed E-state index contributed by atoms with van der Waals surface area (Å²) in [6.45, 7) is 3.87. The molecule has 140 valence electrons. The number of carbonyl (C=O) groups is 1. The van der Waals surface area contributed by atoms with Crippen molar-refractivity contribution in [2.45, 2.75) is 29.9 Å². The summed E-state index contributed by atoms with van der Waals surface area (Å²) >= 11 is 1.11. The Morgan fingerprint density at radius 3 is 2.74 bits per heavy atom. The number of carbonyl (C=O) groups excluding carboxylic acids is 1. The minimum Gasteiger partial charge on any atom is -0.311 e. The molecule has 1 amide bonds. The molecule has 0 aliphatic rings. The van der Waals surface area contributed by atoms with E-state index in [1.807, 2.05) is 13.8 Å². The van der Waals surface area contributed by atoms with Crippen LogP contribution in [0.15, 0.2) is 46.8 Å². The van der Waals surface area contributed by atoms with Crippen LogP contribution in [-0.4, -0.2) is 35.4 Å². The van der Waals surface area contributed by atoms with Crippen molar-refractivity contribution < 1.29 is 9.72 Å². The van der Waals surface area contributed by atoms with Crippen LogP contribution < -0.4 is 5.32 Å². The zero-order valence-electron chi connectivity index (χ0n) is 14.9. The number of aryl methyl sites for hydroxylation is 1. The number of nitro benzene ring substituents is 1. The van der Waals surface area contributed by atoms with Crippen LogP contribution in [0.2, 0.25) is 0 Å². The highest BCUT2D eigenvalue weighted by atomic mass is 32.2. The number of anilines is 1. The Balaban J connectivity index is 1.87. The molecule has 11 heteroatoms. The van der Waals surface area contributed by atoms with Gasteiger partial charge in [-0.2, -0.15) is 5.10 Å². The van der Waals surface area contributed by atoms with Gasteiger partial charge in [-0.25, -0.2) is 4.68 Å². The number of rotatable bonds is 6. The Labute approximate surface area is 158 Å². The fourth-order valence-corrected chi connectivity index (χ4v) is 3.21. The van der Waals surface area contributed by atoms with Crippen LogP contribution in [-0.2, 0) is 7.05 Å².